The Morgan fingerprint density at radius 2 is 2.13 bits per heavy atom. The second-order valence-corrected chi connectivity index (χ2v) is 3.88. The minimum atomic E-state index is 0.635. The molecule has 1 rings (SSSR count). The highest BCUT2D eigenvalue weighted by Crippen LogP contribution is 2.13. The first-order valence-electron chi connectivity index (χ1n) is 5.47. The van der Waals surface area contributed by atoms with Crippen molar-refractivity contribution < 1.29 is 9.47 Å². The number of hydrogen-bond donors (Lipinski definition) is 0. The van der Waals surface area contributed by atoms with Crippen LogP contribution in [0.25, 0.3) is 0 Å². The maximum absolute atomic E-state index is 5.62. The van der Waals surface area contributed by atoms with Crippen LogP contribution in [0.2, 0.25) is 0 Å². The first-order chi connectivity index (χ1) is 7.26. The molecule has 0 fully saturated rings. The third-order valence-electron chi connectivity index (χ3n) is 2.50. The molecule has 15 heavy (non-hydrogen) atoms. The summed E-state index contributed by atoms with van der Waals surface area (Å²) < 4.78 is 10.8. The largest absolute Gasteiger partial charge is 0.497 e. The van der Waals surface area contributed by atoms with Crippen LogP contribution in [0.1, 0.15) is 25.8 Å². The van der Waals surface area contributed by atoms with Crippen LogP contribution >= 0.6 is 0 Å². The summed E-state index contributed by atoms with van der Waals surface area (Å²) in [6.45, 7) is 5.88. The second-order valence-electron chi connectivity index (χ2n) is 3.88. The zero-order valence-electron chi connectivity index (χ0n) is 9.82. The standard InChI is InChI=1S/C13H20O2/c1-4-11(2)9-15-10-12-6-5-7-13(8-12)14-3/h5-8,11H,4,9-10H2,1-3H3. The minimum Gasteiger partial charge on any atom is -0.497 e. The lowest BCUT2D eigenvalue weighted by Crippen LogP contribution is -2.04. The van der Waals surface area contributed by atoms with Crippen molar-refractivity contribution in [3.05, 3.63) is 29.8 Å². The predicted molar refractivity (Wildman–Crippen MR) is 62.1 cm³/mol. The molecule has 0 spiro atoms. The molecule has 0 amide bonds. The Kier molecular flexibility index (Phi) is 5.19. The van der Waals surface area contributed by atoms with Gasteiger partial charge in [0.15, 0.2) is 0 Å². The maximum atomic E-state index is 5.62. The number of ether oxygens (including phenoxy) is 2. The van der Waals surface area contributed by atoms with E-state index in [1.165, 1.54) is 0 Å². The van der Waals surface area contributed by atoms with E-state index in [0.29, 0.717) is 12.5 Å². The van der Waals surface area contributed by atoms with Crippen LogP contribution in [0.4, 0.5) is 0 Å². The average molecular weight is 208 g/mol. The van der Waals surface area contributed by atoms with Gasteiger partial charge in [0.1, 0.15) is 5.75 Å². The lowest BCUT2D eigenvalue weighted by atomic mass is 10.1. The van der Waals surface area contributed by atoms with E-state index in [0.717, 1.165) is 24.3 Å². The van der Waals surface area contributed by atoms with Crippen molar-refractivity contribution in [2.75, 3.05) is 13.7 Å². The summed E-state index contributed by atoms with van der Waals surface area (Å²) in [5.74, 6) is 1.52. The number of methoxy groups -OCH3 is 1. The molecule has 0 radical (unpaired) electrons. The Bertz CT molecular complexity index is 284. The molecule has 0 aliphatic rings. The van der Waals surface area contributed by atoms with Gasteiger partial charge in [-0.3, -0.25) is 0 Å². The van der Waals surface area contributed by atoms with Crippen LogP contribution in [-0.4, -0.2) is 13.7 Å². The molecule has 0 aliphatic carbocycles. The fourth-order valence-electron chi connectivity index (χ4n) is 1.26. The molecule has 0 heterocycles. The monoisotopic (exact) mass is 208 g/mol. The summed E-state index contributed by atoms with van der Waals surface area (Å²) in [6.07, 6.45) is 1.16. The van der Waals surface area contributed by atoms with Gasteiger partial charge in [-0.15, -0.1) is 0 Å². The highest BCUT2D eigenvalue weighted by atomic mass is 16.5. The van der Waals surface area contributed by atoms with Gasteiger partial charge in [-0.1, -0.05) is 32.4 Å². The van der Waals surface area contributed by atoms with Crippen LogP contribution < -0.4 is 4.74 Å². The molecular formula is C13H20O2. The average Bonchev–Trinajstić information content (AvgIpc) is 2.29. The molecule has 1 aromatic carbocycles. The van der Waals surface area contributed by atoms with Crippen LogP contribution in [0.5, 0.6) is 5.75 Å². The fraction of sp³-hybridized carbons (Fsp3) is 0.538. The molecule has 84 valence electrons. The predicted octanol–water partition coefficient (Wildman–Crippen LogP) is 3.26. The zero-order chi connectivity index (χ0) is 11.1. The highest BCUT2D eigenvalue weighted by Gasteiger charge is 2.00. The molecule has 2 heteroatoms. The Morgan fingerprint density at radius 1 is 1.33 bits per heavy atom. The molecular weight excluding hydrogens is 188 g/mol. The molecule has 1 unspecified atom stereocenters. The number of hydrogen-bond acceptors (Lipinski definition) is 2. The Balaban J connectivity index is 2.37. The third kappa shape index (κ3) is 4.34. The normalized spacial score (nSPS) is 12.5. The zero-order valence-corrected chi connectivity index (χ0v) is 9.82. The van der Waals surface area contributed by atoms with Gasteiger partial charge in [0.05, 0.1) is 13.7 Å². The summed E-state index contributed by atoms with van der Waals surface area (Å²) in [5.41, 5.74) is 1.16. The number of benzene rings is 1. The molecule has 0 aromatic heterocycles. The smallest absolute Gasteiger partial charge is 0.119 e. The Morgan fingerprint density at radius 3 is 2.80 bits per heavy atom. The summed E-state index contributed by atoms with van der Waals surface area (Å²) in [5, 5.41) is 0. The molecule has 1 atom stereocenters. The van der Waals surface area contributed by atoms with Gasteiger partial charge in [0, 0.05) is 6.61 Å². The van der Waals surface area contributed by atoms with Crippen LogP contribution in [0, 0.1) is 5.92 Å². The lowest BCUT2D eigenvalue weighted by molar-refractivity contribution is 0.0909. The molecule has 0 saturated heterocycles. The van der Waals surface area contributed by atoms with Crippen molar-refractivity contribution in [3.63, 3.8) is 0 Å². The lowest BCUT2D eigenvalue weighted by Gasteiger charge is -2.09. The quantitative estimate of drug-likeness (QED) is 0.714. The van der Waals surface area contributed by atoms with Gasteiger partial charge >= 0.3 is 0 Å². The number of rotatable bonds is 6. The second kappa shape index (κ2) is 6.46. The molecule has 0 saturated carbocycles. The van der Waals surface area contributed by atoms with Gasteiger partial charge in [-0.2, -0.15) is 0 Å². The van der Waals surface area contributed by atoms with E-state index in [4.69, 9.17) is 9.47 Å². The molecule has 1 aromatic rings. The fourth-order valence-corrected chi connectivity index (χ4v) is 1.26. The van der Waals surface area contributed by atoms with E-state index in [1.54, 1.807) is 7.11 Å². The summed E-state index contributed by atoms with van der Waals surface area (Å²) in [7, 11) is 1.68. The first kappa shape index (κ1) is 12.1. The third-order valence-corrected chi connectivity index (χ3v) is 2.50. The molecule has 2 nitrogen and oxygen atoms in total. The minimum absolute atomic E-state index is 0.635. The van der Waals surface area contributed by atoms with E-state index >= 15 is 0 Å². The van der Waals surface area contributed by atoms with E-state index in [9.17, 15) is 0 Å². The van der Waals surface area contributed by atoms with E-state index < -0.39 is 0 Å². The van der Waals surface area contributed by atoms with Gasteiger partial charge in [0.2, 0.25) is 0 Å². The topological polar surface area (TPSA) is 18.5 Å². The van der Waals surface area contributed by atoms with Crippen LogP contribution in [0.3, 0.4) is 0 Å². The van der Waals surface area contributed by atoms with E-state index in [-0.39, 0.29) is 0 Å². The molecule has 0 aliphatic heterocycles. The summed E-state index contributed by atoms with van der Waals surface area (Å²) >= 11 is 0. The molecule has 0 N–H and O–H groups in total. The van der Waals surface area contributed by atoms with Crippen molar-refractivity contribution in [1.82, 2.24) is 0 Å². The van der Waals surface area contributed by atoms with Crippen molar-refractivity contribution in [2.24, 2.45) is 5.92 Å². The Labute approximate surface area is 92.2 Å². The van der Waals surface area contributed by atoms with Gasteiger partial charge in [-0.25, -0.2) is 0 Å². The maximum Gasteiger partial charge on any atom is 0.119 e. The summed E-state index contributed by atoms with van der Waals surface area (Å²) in [4.78, 5) is 0. The van der Waals surface area contributed by atoms with Gasteiger partial charge < -0.3 is 9.47 Å². The SMILES string of the molecule is CCC(C)COCc1cccc(OC)c1. The van der Waals surface area contributed by atoms with Crippen molar-refractivity contribution >= 4 is 0 Å². The van der Waals surface area contributed by atoms with Crippen LogP contribution in [-0.2, 0) is 11.3 Å². The summed E-state index contributed by atoms with van der Waals surface area (Å²) in [6, 6.07) is 7.99. The van der Waals surface area contributed by atoms with Crippen LogP contribution in [0.15, 0.2) is 24.3 Å². The highest BCUT2D eigenvalue weighted by molar-refractivity contribution is 5.27. The van der Waals surface area contributed by atoms with Crippen molar-refractivity contribution in [3.8, 4) is 5.75 Å². The first-order valence-corrected chi connectivity index (χ1v) is 5.47. The van der Waals surface area contributed by atoms with Crippen molar-refractivity contribution in [1.29, 1.82) is 0 Å². The Hall–Kier alpha value is -1.02. The van der Waals surface area contributed by atoms with E-state index in [2.05, 4.69) is 19.9 Å². The van der Waals surface area contributed by atoms with Gasteiger partial charge in [-0.05, 0) is 23.6 Å². The van der Waals surface area contributed by atoms with E-state index in [1.807, 2.05) is 18.2 Å². The van der Waals surface area contributed by atoms with Crippen molar-refractivity contribution in [2.45, 2.75) is 26.9 Å². The van der Waals surface area contributed by atoms with Gasteiger partial charge in [0.25, 0.3) is 0 Å². The molecule has 0 bridgehead atoms.